The molecule has 0 aliphatic carbocycles. The van der Waals surface area contributed by atoms with Gasteiger partial charge >= 0.3 is 0 Å². The third-order valence-corrected chi connectivity index (χ3v) is 8.85. The minimum Gasteiger partial charge on any atom is -0.305 e. The fraction of sp³-hybridized carbons (Fsp3) is 0.722. The van der Waals surface area contributed by atoms with Crippen LogP contribution in [0, 0.1) is 0 Å². The maximum Gasteiger partial charge on any atom is 0.103 e. The van der Waals surface area contributed by atoms with E-state index in [0.29, 0.717) is 0 Å². The highest BCUT2D eigenvalue weighted by Crippen LogP contribution is 2.16. The van der Waals surface area contributed by atoms with Gasteiger partial charge in [-0.15, -0.1) is 0 Å². The van der Waals surface area contributed by atoms with Gasteiger partial charge < -0.3 is 9.80 Å². The highest BCUT2D eigenvalue weighted by atomic mass is 15.1. The number of fused-ring (bicyclic) bond motifs is 3. The maximum absolute atomic E-state index is 2.52. The Bertz CT molecular complexity index is 740. The van der Waals surface area contributed by atoms with Gasteiger partial charge in [0.1, 0.15) is 13.1 Å². The second-order valence-corrected chi connectivity index (χ2v) is 12.4. The quantitative estimate of drug-likeness (QED) is 0.300. The second-order valence-electron chi connectivity index (χ2n) is 12.4. The molecule has 2 heteroatoms. The first-order chi connectivity index (χ1) is 18.9. The van der Waals surface area contributed by atoms with Crippen molar-refractivity contribution in [2.24, 2.45) is 0 Å². The van der Waals surface area contributed by atoms with E-state index in [2.05, 4.69) is 48.9 Å². The lowest BCUT2D eigenvalue weighted by atomic mass is 10.0. The van der Waals surface area contributed by atoms with Gasteiger partial charge in [0.05, 0.1) is 25.5 Å². The molecule has 0 aromatic heterocycles. The Morgan fingerprint density at radius 2 is 1.11 bits per heavy atom. The van der Waals surface area contributed by atoms with E-state index in [1.165, 1.54) is 167 Å². The monoisotopic (exact) mass is 522 g/mol. The van der Waals surface area contributed by atoms with Crippen molar-refractivity contribution in [2.45, 2.75) is 141 Å². The van der Waals surface area contributed by atoms with E-state index in [0.717, 1.165) is 0 Å². The van der Waals surface area contributed by atoms with Crippen molar-refractivity contribution in [3.05, 3.63) is 60.0 Å². The van der Waals surface area contributed by atoms with Gasteiger partial charge in [0.25, 0.3) is 0 Å². The van der Waals surface area contributed by atoms with Gasteiger partial charge in [-0.05, 0) is 69.1 Å². The minimum absolute atomic E-state index is 1.17. The summed E-state index contributed by atoms with van der Waals surface area (Å²) in [5, 5.41) is 0. The van der Waals surface area contributed by atoms with Crippen molar-refractivity contribution >= 4 is 0 Å². The molecular formula is C36H62N2+2. The fourth-order valence-electron chi connectivity index (χ4n) is 6.41. The third kappa shape index (κ3) is 15.3. The molecule has 3 aliphatic rings. The molecule has 2 unspecified atom stereocenters. The highest BCUT2D eigenvalue weighted by molar-refractivity contribution is 5.18. The molecule has 0 saturated carbocycles. The summed E-state index contributed by atoms with van der Waals surface area (Å²) in [5.74, 6) is 0. The van der Waals surface area contributed by atoms with Crippen molar-refractivity contribution in [3.8, 4) is 0 Å². The molecule has 0 fully saturated rings. The van der Waals surface area contributed by atoms with Crippen LogP contribution < -0.4 is 9.80 Å². The lowest BCUT2D eigenvalue weighted by Crippen LogP contribution is -3.08. The fourth-order valence-corrected chi connectivity index (χ4v) is 6.41. The van der Waals surface area contributed by atoms with Crippen LogP contribution in [0.15, 0.2) is 60.0 Å². The average molecular weight is 523 g/mol. The summed E-state index contributed by atoms with van der Waals surface area (Å²) in [6, 6.07) is 0. The number of nitrogens with one attached hydrogen (secondary N) is 2. The standard InChI is InChI=1S/C36H60N2/c1-2-5-9-13-17-21-29-37-31-24-28-36(34-37)26-20-16-12-8-4-6-10-14-18-22-30-38-32-23-27-35(33-38)25-19-15-11-7-3-1/h13,17,23-24,27-28,32,34H,1-12,14-16,18-22,25-26,29-31,33H2/p+2. The number of allylic oxidation sites excluding steroid dienone is 5. The van der Waals surface area contributed by atoms with Crippen molar-refractivity contribution in [1.82, 2.24) is 0 Å². The molecule has 0 aromatic rings. The van der Waals surface area contributed by atoms with Crippen LogP contribution in [0.2, 0.25) is 0 Å². The molecule has 3 rings (SSSR count). The number of hydrogen-bond donors (Lipinski definition) is 2. The summed E-state index contributed by atoms with van der Waals surface area (Å²) >= 11 is 0. The first-order valence-corrected chi connectivity index (χ1v) is 17.0. The number of rotatable bonds is 0. The summed E-state index contributed by atoms with van der Waals surface area (Å²) in [7, 11) is 0. The zero-order chi connectivity index (χ0) is 26.4. The molecule has 0 spiro atoms. The number of hydrogen-bond acceptors (Lipinski definition) is 0. The van der Waals surface area contributed by atoms with Crippen LogP contribution in [0.5, 0.6) is 0 Å². The average Bonchev–Trinajstić information content (AvgIpc) is 2.94. The van der Waals surface area contributed by atoms with Crippen LogP contribution in [0.4, 0.5) is 0 Å². The van der Waals surface area contributed by atoms with Crippen LogP contribution in [0.3, 0.4) is 0 Å². The second kappa shape index (κ2) is 21.4. The summed E-state index contributed by atoms with van der Waals surface area (Å²) in [5.41, 5.74) is 3.27. The van der Waals surface area contributed by atoms with E-state index in [1.807, 2.05) is 0 Å². The third-order valence-electron chi connectivity index (χ3n) is 8.85. The Morgan fingerprint density at radius 1 is 0.500 bits per heavy atom. The van der Waals surface area contributed by atoms with Gasteiger partial charge in [0.2, 0.25) is 0 Å². The molecule has 0 radical (unpaired) electrons. The molecule has 2 atom stereocenters. The summed E-state index contributed by atoms with van der Waals surface area (Å²) < 4.78 is 0. The molecule has 3 aliphatic heterocycles. The van der Waals surface area contributed by atoms with Gasteiger partial charge in [-0.1, -0.05) is 108 Å². The van der Waals surface area contributed by atoms with Crippen LogP contribution in [0.1, 0.15) is 141 Å². The van der Waals surface area contributed by atoms with E-state index < -0.39 is 0 Å². The molecule has 3 heterocycles. The lowest BCUT2D eigenvalue weighted by Gasteiger charge is -2.19. The Morgan fingerprint density at radius 3 is 1.84 bits per heavy atom. The molecular weight excluding hydrogens is 460 g/mol. The molecule has 2 N–H and O–H groups in total. The largest absolute Gasteiger partial charge is 0.305 e. The van der Waals surface area contributed by atoms with Crippen LogP contribution in [0.25, 0.3) is 0 Å². The molecule has 0 amide bonds. The zero-order valence-corrected chi connectivity index (χ0v) is 25.0. The molecule has 38 heavy (non-hydrogen) atoms. The van der Waals surface area contributed by atoms with Gasteiger partial charge in [-0.25, -0.2) is 0 Å². The summed E-state index contributed by atoms with van der Waals surface area (Å²) in [6.45, 7) is 5.01. The molecule has 214 valence electrons. The van der Waals surface area contributed by atoms with Crippen LogP contribution >= 0.6 is 0 Å². The van der Waals surface area contributed by atoms with Gasteiger partial charge in [-0.2, -0.15) is 0 Å². The van der Waals surface area contributed by atoms with E-state index in [-0.39, 0.29) is 0 Å². The van der Waals surface area contributed by atoms with Gasteiger partial charge in [0, 0.05) is 12.0 Å². The lowest BCUT2D eigenvalue weighted by molar-refractivity contribution is -0.842. The SMILES string of the molecule is C1=C[NH+]2CCCCCCCCCCCCC3=C[NH+](CC=C3)CCC=CCCCCCCCCCCC(=C1)C2. The summed E-state index contributed by atoms with van der Waals surface area (Å²) in [6.07, 6.45) is 50.0. The van der Waals surface area contributed by atoms with E-state index >= 15 is 0 Å². The Labute approximate surface area is 237 Å². The molecule has 0 aromatic carbocycles. The van der Waals surface area contributed by atoms with E-state index in [1.54, 1.807) is 20.9 Å². The predicted molar refractivity (Wildman–Crippen MR) is 167 cm³/mol. The van der Waals surface area contributed by atoms with Gasteiger partial charge in [0.15, 0.2) is 0 Å². The van der Waals surface area contributed by atoms with Gasteiger partial charge in [-0.3, -0.25) is 0 Å². The molecule has 2 nitrogen and oxygen atoms in total. The van der Waals surface area contributed by atoms with E-state index in [9.17, 15) is 0 Å². The normalized spacial score (nSPS) is 27.4. The molecule has 0 saturated heterocycles. The van der Waals surface area contributed by atoms with Crippen molar-refractivity contribution in [2.75, 3.05) is 26.2 Å². The first kappa shape index (κ1) is 31.2. The Kier molecular flexibility index (Phi) is 17.6. The molecule has 4 bridgehead atoms. The zero-order valence-electron chi connectivity index (χ0n) is 25.0. The first-order valence-electron chi connectivity index (χ1n) is 17.0. The number of quaternary nitrogens is 2. The highest BCUT2D eigenvalue weighted by Gasteiger charge is 2.12. The van der Waals surface area contributed by atoms with Crippen molar-refractivity contribution in [3.63, 3.8) is 0 Å². The van der Waals surface area contributed by atoms with Crippen LogP contribution in [-0.2, 0) is 0 Å². The Balaban J connectivity index is 1.32. The van der Waals surface area contributed by atoms with Crippen LogP contribution in [-0.4, -0.2) is 26.2 Å². The topological polar surface area (TPSA) is 8.88 Å². The van der Waals surface area contributed by atoms with Crippen molar-refractivity contribution < 1.29 is 9.80 Å². The maximum atomic E-state index is 2.52. The smallest absolute Gasteiger partial charge is 0.103 e. The summed E-state index contributed by atoms with van der Waals surface area (Å²) in [4.78, 5) is 3.34. The van der Waals surface area contributed by atoms with E-state index in [4.69, 9.17) is 0 Å². The predicted octanol–water partition coefficient (Wildman–Crippen LogP) is 7.82. The van der Waals surface area contributed by atoms with Crippen molar-refractivity contribution in [1.29, 1.82) is 0 Å². The minimum atomic E-state index is 1.17. The Hall–Kier alpha value is -1.38.